The molecule has 0 fully saturated rings. The molecule has 0 radical (unpaired) electrons. The molecule has 1 unspecified atom stereocenters. The van der Waals surface area contributed by atoms with Gasteiger partial charge in [-0.1, -0.05) is 56.3 Å². The molecule has 0 bridgehead atoms. The van der Waals surface area contributed by atoms with E-state index in [9.17, 15) is 9.59 Å². The molecule has 30 heavy (non-hydrogen) atoms. The molecule has 4 rings (SSSR count). The maximum Gasteiger partial charge on any atom is 0.251 e. The van der Waals surface area contributed by atoms with Crippen molar-refractivity contribution in [1.29, 1.82) is 0 Å². The van der Waals surface area contributed by atoms with Crippen molar-refractivity contribution >= 4 is 28.3 Å². The SMILES string of the molecule is CC(C)C(NC(=O)c1ccccc1)C(=O)N1CC=C(c2c[nH]c3ccccc23)CC1. The number of nitrogens with zero attached hydrogens (tertiary/aromatic N) is 1. The van der Waals surface area contributed by atoms with Crippen LogP contribution in [0, 0.1) is 5.92 Å². The zero-order chi connectivity index (χ0) is 21.1. The molecule has 1 aliphatic rings. The number of H-pyrrole nitrogens is 1. The van der Waals surface area contributed by atoms with E-state index in [1.54, 1.807) is 12.1 Å². The van der Waals surface area contributed by atoms with Gasteiger partial charge >= 0.3 is 0 Å². The summed E-state index contributed by atoms with van der Waals surface area (Å²) in [6.45, 7) is 5.13. The molecule has 154 valence electrons. The Morgan fingerprint density at radius 2 is 1.77 bits per heavy atom. The van der Waals surface area contributed by atoms with Crippen molar-refractivity contribution in [3.63, 3.8) is 0 Å². The summed E-state index contributed by atoms with van der Waals surface area (Å²) in [4.78, 5) is 30.9. The average molecular weight is 402 g/mol. The molecule has 0 aliphatic carbocycles. The van der Waals surface area contributed by atoms with Crippen LogP contribution in [0.25, 0.3) is 16.5 Å². The van der Waals surface area contributed by atoms with Gasteiger partial charge in [0.25, 0.3) is 5.91 Å². The topological polar surface area (TPSA) is 65.2 Å². The first-order valence-electron chi connectivity index (χ1n) is 10.4. The summed E-state index contributed by atoms with van der Waals surface area (Å²) in [6.07, 6.45) is 4.98. The van der Waals surface area contributed by atoms with Crippen molar-refractivity contribution in [2.75, 3.05) is 13.1 Å². The van der Waals surface area contributed by atoms with Crippen LogP contribution in [0.1, 0.15) is 36.2 Å². The molecule has 2 aromatic carbocycles. The summed E-state index contributed by atoms with van der Waals surface area (Å²) in [7, 11) is 0. The van der Waals surface area contributed by atoms with Crippen molar-refractivity contribution in [3.8, 4) is 0 Å². The van der Waals surface area contributed by atoms with E-state index in [4.69, 9.17) is 0 Å². The molecule has 1 aromatic heterocycles. The number of aromatic amines is 1. The zero-order valence-electron chi connectivity index (χ0n) is 17.4. The van der Waals surface area contributed by atoms with E-state index in [0.29, 0.717) is 18.7 Å². The van der Waals surface area contributed by atoms with Crippen LogP contribution in [0.15, 0.2) is 66.9 Å². The number of hydrogen-bond acceptors (Lipinski definition) is 2. The highest BCUT2D eigenvalue weighted by atomic mass is 16.2. The Balaban J connectivity index is 1.47. The number of hydrogen-bond donors (Lipinski definition) is 2. The fraction of sp³-hybridized carbons (Fsp3) is 0.280. The molecule has 5 nitrogen and oxygen atoms in total. The summed E-state index contributed by atoms with van der Waals surface area (Å²) >= 11 is 0. The molecule has 0 spiro atoms. The lowest BCUT2D eigenvalue weighted by atomic mass is 9.97. The first-order valence-corrected chi connectivity index (χ1v) is 10.4. The Kier molecular flexibility index (Phi) is 5.70. The maximum absolute atomic E-state index is 13.2. The third kappa shape index (κ3) is 4.01. The molecule has 2 heterocycles. The molecule has 5 heteroatoms. The number of para-hydroxylation sites is 1. The number of nitrogens with one attached hydrogen (secondary N) is 2. The van der Waals surface area contributed by atoms with Crippen LogP contribution in [0.3, 0.4) is 0 Å². The highest BCUT2D eigenvalue weighted by molar-refractivity contribution is 5.98. The van der Waals surface area contributed by atoms with Crippen LogP contribution < -0.4 is 5.32 Å². The number of rotatable bonds is 5. The van der Waals surface area contributed by atoms with Gasteiger partial charge in [-0.2, -0.15) is 0 Å². The second-order valence-electron chi connectivity index (χ2n) is 8.07. The van der Waals surface area contributed by atoms with Crippen LogP contribution in [-0.4, -0.2) is 40.8 Å². The molecular formula is C25H27N3O2. The lowest BCUT2D eigenvalue weighted by Gasteiger charge is -2.32. The minimum absolute atomic E-state index is 0.00385. The van der Waals surface area contributed by atoms with Gasteiger partial charge in [-0.15, -0.1) is 0 Å². The second-order valence-corrected chi connectivity index (χ2v) is 8.07. The molecule has 0 saturated heterocycles. The van der Waals surface area contributed by atoms with Crippen LogP contribution in [0.2, 0.25) is 0 Å². The number of aromatic nitrogens is 1. The minimum Gasteiger partial charge on any atom is -0.361 e. The normalized spacial score (nSPS) is 15.2. The quantitative estimate of drug-likeness (QED) is 0.672. The first kappa shape index (κ1) is 20.0. The molecule has 1 atom stereocenters. The molecular weight excluding hydrogens is 374 g/mol. The first-order chi connectivity index (χ1) is 14.5. The molecule has 1 aliphatic heterocycles. The second kappa shape index (κ2) is 8.57. The summed E-state index contributed by atoms with van der Waals surface area (Å²) in [5.74, 6) is -0.234. The Hall–Kier alpha value is -3.34. The van der Waals surface area contributed by atoms with Crippen molar-refractivity contribution in [1.82, 2.24) is 15.2 Å². The van der Waals surface area contributed by atoms with Gasteiger partial charge in [0.1, 0.15) is 6.04 Å². The Labute approximate surface area is 176 Å². The van der Waals surface area contributed by atoms with Gasteiger partial charge in [0, 0.05) is 41.3 Å². The van der Waals surface area contributed by atoms with Crippen molar-refractivity contribution < 1.29 is 9.59 Å². The molecule has 2 amide bonds. The van der Waals surface area contributed by atoms with Gasteiger partial charge < -0.3 is 15.2 Å². The van der Waals surface area contributed by atoms with Crippen LogP contribution in [-0.2, 0) is 4.79 Å². The van der Waals surface area contributed by atoms with Gasteiger partial charge in [-0.05, 0) is 36.1 Å². The highest BCUT2D eigenvalue weighted by Crippen LogP contribution is 2.29. The van der Waals surface area contributed by atoms with Gasteiger partial charge in [-0.25, -0.2) is 0 Å². The lowest BCUT2D eigenvalue weighted by Crippen LogP contribution is -2.52. The van der Waals surface area contributed by atoms with Crippen molar-refractivity contribution in [3.05, 3.63) is 78.0 Å². The predicted octanol–water partition coefficient (Wildman–Crippen LogP) is 4.24. The van der Waals surface area contributed by atoms with Crippen molar-refractivity contribution in [2.45, 2.75) is 26.3 Å². The summed E-state index contributed by atoms with van der Waals surface area (Å²) < 4.78 is 0. The van der Waals surface area contributed by atoms with Crippen LogP contribution >= 0.6 is 0 Å². The van der Waals surface area contributed by atoms with E-state index in [2.05, 4.69) is 28.5 Å². The highest BCUT2D eigenvalue weighted by Gasteiger charge is 2.30. The molecule has 3 aromatic rings. The van der Waals surface area contributed by atoms with E-state index in [0.717, 1.165) is 11.9 Å². The number of fused-ring (bicyclic) bond motifs is 1. The monoisotopic (exact) mass is 401 g/mol. The van der Waals surface area contributed by atoms with Gasteiger partial charge in [-0.3, -0.25) is 9.59 Å². The van der Waals surface area contributed by atoms with E-state index >= 15 is 0 Å². The number of carbonyl (C=O) groups is 2. The summed E-state index contributed by atoms with van der Waals surface area (Å²) in [5, 5.41) is 4.14. The van der Waals surface area contributed by atoms with Gasteiger partial charge in [0.05, 0.1) is 0 Å². The Bertz CT molecular complexity index is 1080. The van der Waals surface area contributed by atoms with E-state index in [1.165, 1.54) is 16.5 Å². The number of amides is 2. The predicted molar refractivity (Wildman–Crippen MR) is 120 cm³/mol. The van der Waals surface area contributed by atoms with Gasteiger partial charge in [0.15, 0.2) is 0 Å². The van der Waals surface area contributed by atoms with Crippen LogP contribution in [0.5, 0.6) is 0 Å². The fourth-order valence-corrected chi connectivity index (χ4v) is 3.98. The smallest absolute Gasteiger partial charge is 0.251 e. The molecule has 0 saturated carbocycles. The van der Waals surface area contributed by atoms with E-state index < -0.39 is 6.04 Å². The minimum atomic E-state index is -0.541. The van der Waals surface area contributed by atoms with E-state index in [1.807, 2.05) is 55.3 Å². The average Bonchev–Trinajstić information content (AvgIpc) is 3.21. The Morgan fingerprint density at radius 1 is 1.03 bits per heavy atom. The summed E-state index contributed by atoms with van der Waals surface area (Å²) in [5.41, 5.74) is 4.15. The lowest BCUT2D eigenvalue weighted by molar-refractivity contribution is -0.133. The van der Waals surface area contributed by atoms with E-state index in [-0.39, 0.29) is 17.7 Å². The third-order valence-electron chi connectivity index (χ3n) is 5.71. The largest absolute Gasteiger partial charge is 0.361 e. The maximum atomic E-state index is 13.2. The molecule has 2 N–H and O–H groups in total. The third-order valence-corrected chi connectivity index (χ3v) is 5.71. The van der Waals surface area contributed by atoms with Crippen molar-refractivity contribution in [2.24, 2.45) is 5.92 Å². The number of carbonyl (C=O) groups excluding carboxylic acids is 2. The zero-order valence-corrected chi connectivity index (χ0v) is 17.4. The van der Waals surface area contributed by atoms with Crippen LogP contribution in [0.4, 0.5) is 0 Å². The summed E-state index contributed by atoms with van der Waals surface area (Å²) in [6, 6.07) is 16.7. The standard InChI is InChI=1S/C25H27N3O2/c1-17(2)23(27-24(29)19-8-4-3-5-9-19)25(30)28-14-12-18(13-15-28)21-16-26-22-11-7-6-10-20(21)22/h3-12,16-17,23,26H,13-15H2,1-2H3,(H,27,29). The van der Waals surface area contributed by atoms with Gasteiger partial charge in [0.2, 0.25) is 5.91 Å². The Morgan fingerprint density at radius 3 is 2.47 bits per heavy atom. The number of benzene rings is 2. The fourth-order valence-electron chi connectivity index (χ4n) is 3.98.